The number of anilines is 1. The van der Waals surface area contributed by atoms with Crippen molar-refractivity contribution in [3.8, 4) is 11.3 Å². The van der Waals surface area contributed by atoms with Crippen molar-refractivity contribution in [3.05, 3.63) is 66.3 Å². The highest BCUT2D eigenvalue weighted by molar-refractivity contribution is 5.84. The lowest BCUT2D eigenvalue weighted by Gasteiger charge is -2.01. The van der Waals surface area contributed by atoms with Crippen LogP contribution in [-0.4, -0.2) is 21.4 Å². The fraction of sp³-hybridized carbons (Fsp3) is 0.0588. The van der Waals surface area contributed by atoms with E-state index in [4.69, 9.17) is 4.42 Å². The lowest BCUT2D eigenvalue weighted by molar-refractivity contribution is 0.557. The molecule has 0 bridgehead atoms. The number of allylic oxidation sites excluding steroid dienone is 1. The average Bonchev–Trinajstić information content (AvgIpc) is 3.09. The van der Waals surface area contributed by atoms with Crippen LogP contribution in [0.3, 0.4) is 0 Å². The van der Waals surface area contributed by atoms with Crippen molar-refractivity contribution < 1.29 is 4.42 Å². The summed E-state index contributed by atoms with van der Waals surface area (Å²) in [5, 5.41) is 12.0. The number of hydrazone groups is 1. The van der Waals surface area contributed by atoms with Crippen LogP contribution < -0.4 is 5.43 Å². The summed E-state index contributed by atoms with van der Waals surface area (Å²) in [5.41, 5.74) is 5.42. The zero-order chi connectivity index (χ0) is 15.9. The van der Waals surface area contributed by atoms with Crippen LogP contribution in [0, 0.1) is 0 Å². The van der Waals surface area contributed by atoms with Gasteiger partial charge in [0, 0.05) is 5.56 Å². The molecule has 0 amide bonds. The summed E-state index contributed by atoms with van der Waals surface area (Å²) >= 11 is 0. The molecule has 0 unspecified atom stereocenters. The molecular formula is C17H15N5O. The quantitative estimate of drug-likeness (QED) is 0.575. The Labute approximate surface area is 133 Å². The van der Waals surface area contributed by atoms with E-state index in [1.165, 1.54) is 0 Å². The Balaban J connectivity index is 1.68. The summed E-state index contributed by atoms with van der Waals surface area (Å²) in [6.07, 6.45) is 6.79. The smallest absolute Gasteiger partial charge is 0.263 e. The standard InChI is InChI=1S/C17H15N5O/c1-13(10-15-8-5-9-23-15)11-18-21-17-20-16(12-19-22-17)14-6-3-2-4-7-14/h2-12H,1H3,(H,20,21,22)/b13-10+,18-11+. The maximum atomic E-state index is 5.24. The summed E-state index contributed by atoms with van der Waals surface area (Å²) in [6.45, 7) is 1.92. The van der Waals surface area contributed by atoms with E-state index in [0.29, 0.717) is 5.95 Å². The third-order valence-corrected chi connectivity index (χ3v) is 2.97. The van der Waals surface area contributed by atoms with E-state index in [1.54, 1.807) is 18.7 Å². The maximum Gasteiger partial charge on any atom is 0.263 e. The number of hydrogen-bond acceptors (Lipinski definition) is 6. The van der Waals surface area contributed by atoms with Crippen molar-refractivity contribution in [1.29, 1.82) is 0 Å². The van der Waals surface area contributed by atoms with Crippen LogP contribution >= 0.6 is 0 Å². The van der Waals surface area contributed by atoms with Crippen molar-refractivity contribution in [2.45, 2.75) is 6.92 Å². The molecule has 0 atom stereocenters. The number of nitrogens with one attached hydrogen (secondary N) is 1. The second-order valence-electron chi connectivity index (χ2n) is 4.81. The average molecular weight is 305 g/mol. The molecule has 0 saturated carbocycles. The SMILES string of the molecule is CC(/C=N/Nc1nncc(-c2ccccc2)n1)=C\c1ccco1. The van der Waals surface area contributed by atoms with Crippen LogP contribution in [0.1, 0.15) is 12.7 Å². The predicted octanol–water partition coefficient (Wildman–Crippen LogP) is 3.63. The molecular weight excluding hydrogens is 290 g/mol. The Morgan fingerprint density at radius 3 is 2.83 bits per heavy atom. The van der Waals surface area contributed by atoms with E-state index >= 15 is 0 Å². The Kier molecular flexibility index (Phi) is 4.54. The Morgan fingerprint density at radius 1 is 1.17 bits per heavy atom. The van der Waals surface area contributed by atoms with E-state index in [-0.39, 0.29) is 0 Å². The second-order valence-corrected chi connectivity index (χ2v) is 4.81. The molecule has 0 aliphatic heterocycles. The van der Waals surface area contributed by atoms with Gasteiger partial charge in [0.1, 0.15) is 5.76 Å². The molecule has 6 heteroatoms. The first-order chi connectivity index (χ1) is 11.3. The number of nitrogens with zero attached hydrogens (tertiary/aromatic N) is 4. The summed E-state index contributed by atoms with van der Waals surface area (Å²) in [5.74, 6) is 1.12. The van der Waals surface area contributed by atoms with E-state index < -0.39 is 0 Å². The zero-order valence-corrected chi connectivity index (χ0v) is 12.5. The Morgan fingerprint density at radius 2 is 2.04 bits per heavy atom. The number of aromatic nitrogens is 3. The minimum absolute atomic E-state index is 0.341. The van der Waals surface area contributed by atoms with Crippen molar-refractivity contribution in [3.63, 3.8) is 0 Å². The molecule has 0 aliphatic carbocycles. The number of benzene rings is 1. The third-order valence-electron chi connectivity index (χ3n) is 2.97. The van der Waals surface area contributed by atoms with Gasteiger partial charge in [0.25, 0.3) is 5.95 Å². The minimum Gasteiger partial charge on any atom is -0.465 e. The number of furan rings is 1. The molecule has 6 nitrogen and oxygen atoms in total. The molecule has 0 spiro atoms. The van der Waals surface area contributed by atoms with E-state index in [1.807, 2.05) is 55.5 Å². The lowest BCUT2D eigenvalue weighted by atomic mass is 10.2. The largest absolute Gasteiger partial charge is 0.465 e. The van der Waals surface area contributed by atoms with Gasteiger partial charge in [-0.15, -0.1) is 5.10 Å². The van der Waals surface area contributed by atoms with Crippen LogP contribution in [0.5, 0.6) is 0 Å². The fourth-order valence-corrected chi connectivity index (χ4v) is 1.93. The molecule has 1 aromatic carbocycles. The molecule has 23 heavy (non-hydrogen) atoms. The van der Waals surface area contributed by atoms with Crippen molar-refractivity contribution in [1.82, 2.24) is 15.2 Å². The van der Waals surface area contributed by atoms with Crippen molar-refractivity contribution in [2.24, 2.45) is 5.10 Å². The Bertz CT molecular complexity index is 810. The normalized spacial score (nSPS) is 11.8. The van der Waals surface area contributed by atoms with Gasteiger partial charge in [-0.3, -0.25) is 0 Å². The van der Waals surface area contributed by atoms with Gasteiger partial charge in [-0.2, -0.15) is 10.2 Å². The van der Waals surface area contributed by atoms with Crippen LogP contribution in [0.25, 0.3) is 17.3 Å². The van der Waals surface area contributed by atoms with Gasteiger partial charge in [0.05, 0.1) is 24.4 Å². The van der Waals surface area contributed by atoms with Gasteiger partial charge in [-0.05, 0) is 30.7 Å². The fourth-order valence-electron chi connectivity index (χ4n) is 1.93. The van der Waals surface area contributed by atoms with E-state index in [2.05, 4.69) is 25.7 Å². The first-order valence-electron chi connectivity index (χ1n) is 7.07. The Hall–Kier alpha value is -3.28. The van der Waals surface area contributed by atoms with Gasteiger partial charge in [-0.25, -0.2) is 10.4 Å². The molecule has 2 heterocycles. The highest BCUT2D eigenvalue weighted by atomic mass is 16.3. The number of rotatable bonds is 5. The molecule has 3 aromatic rings. The third kappa shape index (κ3) is 4.10. The molecule has 0 fully saturated rings. The molecule has 3 rings (SSSR count). The second kappa shape index (κ2) is 7.13. The summed E-state index contributed by atoms with van der Waals surface area (Å²) < 4.78 is 5.24. The van der Waals surface area contributed by atoms with Crippen LogP contribution in [0.15, 0.2) is 70.0 Å². The maximum absolute atomic E-state index is 5.24. The highest BCUT2D eigenvalue weighted by Crippen LogP contribution is 2.15. The first kappa shape index (κ1) is 14.6. The monoisotopic (exact) mass is 305 g/mol. The molecule has 1 N–H and O–H groups in total. The molecule has 2 aromatic heterocycles. The highest BCUT2D eigenvalue weighted by Gasteiger charge is 2.01. The van der Waals surface area contributed by atoms with Crippen LogP contribution in [-0.2, 0) is 0 Å². The first-order valence-corrected chi connectivity index (χ1v) is 7.07. The summed E-state index contributed by atoms with van der Waals surface area (Å²) in [4.78, 5) is 4.38. The summed E-state index contributed by atoms with van der Waals surface area (Å²) in [7, 11) is 0. The van der Waals surface area contributed by atoms with Crippen molar-refractivity contribution in [2.75, 3.05) is 5.43 Å². The van der Waals surface area contributed by atoms with Gasteiger partial charge in [0.2, 0.25) is 0 Å². The van der Waals surface area contributed by atoms with Crippen LogP contribution in [0.2, 0.25) is 0 Å². The lowest BCUT2D eigenvalue weighted by Crippen LogP contribution is -1.99. The van der Waals surface area contributed by atoms with Gasteiger partial charge < -0.3 is 4.42 Å². The van der Waals surface area contributed by atoms with E-state index in [9.17, 15) is 0 Å². The molecule has 0 saturated heterocycles. The molecule has 0 radical (unpaired) electrons. The predicted molar refractivity (Wildman–Crippen MR) is 89.7 cm³/mol. The number of hydrogen-bond donors (Lipinski definition) is 1. The van der Waals surface area contributed by atoms with Gasteiger partial charge >= 0.3 is 0 Å². The van der Waals surface area contributed by atoms with Gasteiger partial charge in [-0.1, -0.05) is 30.3 Å². The molecule has 0 aliphatic rings. The zero-order valence-electron chi connectivity index (χ0n) is 12.5. The van der Waals surface area contributed by atoms with Crippen molar-refractivity contribution >= 4 is 18.2 Å². The van der Waals surface area contributed by atoms with Gasteiger partial charge in [0.15, 0.2) is 0 Å². The summed E-state index contributed by atoms with van der Waals surface area (Å²) in [6, 6.07) is 13.5. The van der Waals surface area contributed by atoms with E-state index in [0.717, 1.165) is 22.6 Å². The minimum atomic E-state index is 0.341. The molecule has 114 valence electrons. The van der Waals surface area contributed by atoms with Crippen LogP contribution in [0.4, 0.5) is 5.95 Å². The topological polar surface area (TPSA) is 76.2 Å².